The van der Waals surface area contributed by atoms with E-state index in [0.717, 1.165) is 5.56 Å². The van der Waals surface area contributed by atoms with E-state index in [1.54, 1.807) is 0 Å². The van der Waals surface area contributed by atoms with Gasteiger partial charge in [0.1, 0.15) is 0 Å². The first kappa shape index (κ1) is 17.5. The summed E-state index contributed by atoms with van der Waals surface area (Å²) in [5.74, 6) is 0. The molecule has 0 aliphatic heterocycles. The van der Waals surface area contributed by atoms with E-state index in [-0.39, 0.29) is 69.0 Å². The molecular weight excluding hydrogens is 596 g/mol. The van der Waals surface area contributed by atoms with Gasteiger partial charge in [0, 0.05) is 69.0 Å². The summed E-state index contributed by atoms with van der Waals surface area (Å²) in [4.78, 5) is 0. The summed E-state index contributed by atoms with van der Waals surface area (Å²) in [6, 6.07) is 9.87. The van der Waals surface area contributed by atoms with Gasteiger partial charge in [-0.2, -0.15) is 24.6 Å². The van der Waals surface area contributed by atoms with E-state index >= 15 is 0 Å². The van der Waals surface area contributed by atoms with Crippen LogP contribution in [-0.2, 0) is 42.8 Å². The molecule has 0 nitrogen and oxygen atoms in total. The third-order valence-corrected chi connectivity index (χ3v) is 0.843. The zero-order valence-corrected chi connectivity index (χ0v) is 12.4. The van der Waals surface area contributed by atoms with Gasteiger partial charge in [-0.1, -0.05) is 6.07 Å². The Morgan fingerprint density at radius 3 is 1.60 bits per heavy atom. The van der Waals surface area contributed by atoms with E-state index in [1.165, 1.54) is 0 Å². The van der Waals surface area contributed by atoms with Crippen LogP contribution in [0.4, 0.5) is 0 Å². The number of rotatable bonds is 0. The Balaban J connectivity index is -0.000000163. The summed E-state index contributed by atoms with van der Waals surface area (Å²) >= 11 is 0. The molecular formula is C7H7AuBiPd-. The molecule has 10 heavy (non-hydrogen) atoms. The van der Waals surface area contributed by atoms with Crippen molar-refractivity contribution in [3.63, 3.8) is 0 Å². The van der Waals surface area contributed by atoms with Crippen LogP contribution in [0.1, 0.15) is 5.56 Å². The third kappa shape index (κ3) is 7.48. The van der Waals surface area contributed by atoms with Gasteiger partial charge in [-0.3, -0.25) is 0 Å². The van der Waals surface area contributed by atoms with Crippen molar-refractivity contribution in [1.82, 2.24) is 0 Å². The second-order valence-corrected chi connectivity index (χ2v) is 1.49. The van der Waals surface area contributed by atoms with Gasteiger partial charge in [-0.15, -0.1) is 12.1 Å². The van der Waals surface area contributed by atoms with E-state index < -0.39 is 0 Å². The van der Waals surface area contributed by atoms with Crippen molar-refractivity contribution in [3.8, 4) is 0 Å². The Morgan fingerprint density at radius 2 is 1.40 bits per heavy atom. The zero-order chi connectivity index (χ0) is 5.11. The summed E-state index contributed by atoms with van der Waals surface area (Å²) < 4.78 is 0. The Labute approximate surface area is 110 Å². The molecule has 1 aromatic rings. The van der Waals surface area contributed by atoms with Gasteiger partial charge in [0.2, 0.25) is 0 Å². The van der Waals surface area contributed by atoms with Crippen molar-refractivity contribution in [2.45, 2.75) is 0 Å². The number of hydrogen-bond acceptors (Lipinski definition) is 0. The predicted octanol–water partition coefficient (Wildman–Crippen LogP) is 1.48. The standard InChI is InChI=1S/C7H7.Au.Bi.Pd/c1-7-5-3-2-4-6-7;;;/h2-6H,1H2;;;/q-1;;;. The first-order chi connectivity index (χ1) is 3.39. The van der Waals surface area contributed by atoms with Crippen LogP contribution in [0.3, 0.4) is 0 Å². The van der Waals surface area contributed by atoms with Crippen molar-refractivity contribution in [1.29, 1.82) is 0 Å². The third-order valence-electron chi connectivity index (χ3n) is 0.843. The molecule has 62 valence electrons. The average Bonchev–Trinajstić information content (AvgIpc) is 1.69. The summed E-state index contributed by atoms with van der Waals surface area (Å²) in [7, 11) is 0. The van der Waals surface area contributed by atoms with Crippen molar-refractivity contribution < 1.29 is 42.8 Å². The second kappa shape index (κ2) is 10.4. The van der Waals surface area contributed by atoms with Gasteiger partial charge in [0.25, 0.3) is 0 Å². The van der Waals surface area contributed by atoms with E-state index in [1.807, 2.05) is 30.3 Å². The van der Waals surface area contributed by atoms with Crippen molar-refractivity contribution in [3.05, 3.63) is 42.8 Å². The Hall–Kier alpha value is 1.38. The van der Waals surface area contributed by atoms with Crippen molar-refractivity contribution >= 4 is 26.2 Å². The maximum Gasteiger partial charge on any atom is 0 e. The fraction of sp³-hybridized carbons (Fsp3) is 0. The minimum Gasteiger partial charge on any atom is -0.199 e. The molecule has 4 radical (unpaired) electrons. The summed E-state index contributed by atoms with van der Waals surface area (Å²) in [5.41, 5.74) is 1.07. The van der Waals surface area contributed by atoms with Crippen LogP contribution in [0.15, 0.2) is 30.3 Å². The molecule has 0 spiro atoms. The fourth-order valence-corrected chi connectivity index (χ4v) is 0.478. The summed E-state index contributed by atoms with van der Waals surface area (Å²) in [6.45, 7) is 3.72. The monoisotopic (exact) mass is 603 g/mol. The van der Waals surface area contributed by atoms with Gasteiger partial charge in [-0.05, 0) is 0 Å². The van der Waals surface area contributed by atoms with Crippen molar-refractivity contribution in [2.75, 3.05) is 0 Å². The van der Waals surface area contributed by atoms with Crippen LogP contribution in [0.25, 0.3) is 0 Å². The van der Waals surface area contributed by atoms with Crippen LogP contribution in [0, 0.1) is 6.92 Å². The molecule has 0 heterocycles. The maximum atomic E-state index is 3.72. The van der Waals surface area contributed by atoms with E-state index in [9.17, 15) is 0 Å². The average molecular weight is 604 g/mol. The largest absolute Gasteiger partial charge is 0.199 e. The molecule has 0 aliphatic rings. The van der Waals surface area contributed by atoms with Gasteiger partial charge in [0.05, 0.1) is 0 Å². The molecule has 3 heteroatoms. The molecule has 0 saturated heterocycles. The molecule has 0 unspecified atom stereocenters. The van der Waals surface area contributed by atoms with Crippen molar-refractivity contribution in [2.24, 2.45) is 0 Å². The number of hydrogen-bond donors (Lipinski definition) is 0. The molecule has 0 N–H and O–H groups in total. The minimum atomic E-state index is 0. The molecule has 0 amide bonds. The maximum absolute atomic E-state index is 3.72. The van der Waals surface area contributed by atoms with E-state index in [2.05, 4.69) is 6.92 Å². The zero-order valence-electron chi connectivity index (χ0n) is 5.16. The molecule has 1 rings (SSSR count). The quantitative estimate of drug-likeness (QED) is 0.312. The minimum absolute atomic E-state index is 0. The Kier molecular flexibility index (Phi) is 18.1. The van der Waals surface area contributed by atoms with Crippen LogP contribution >= 0.6 is 0 Å². The Morgan fingerprint density at radius 1 is 1.00 bits per heavy atom. The predicted molar refractivity (Wildman–Crippen MR) is 36.7 cm³/mol. The van der Waals surface area contributed by atoms with Gasteiger partial charge in [0.15, 0.2) is 0 Å². The van der Waals surface area contributed by atoms with Gasteiger partial charge < -0.3 is 0 Å². The Bertz CT molecular complexity index is 144. The molecule has 0 atom stereocenters. The first-order valence-electron chi connectivity index (χ1n) is 2.26. The molecule has 0 aromatic heterocycles. The van der Waals surface area contributed by atoms with Gasteiger partial charge in [-0.25, -0.2) is 0 Å². The van der Waals surface area contributed by atoms with E-state index in [0.29, 0.717) is 0 Å². The molecule has 0 fully saturated rings. The molecule has 1 aromatic carbocycles. The van der Waals surface area contributed by atoms with Crippen LogP contribution in [0.5, 0.6) is 0 Å². The first-order valence-corrected chi connectivity index (χ1v) is 2.26. The second-order valence-electron chi connectivity index (χ2n) is 1.49. The van der Waals surface area contributed by atoms with Crippen LogP contribution in [0.2, 0.25) is 0 Å². The van der Waals surface area contributed by atoms with Crippen LogP contribution < -0.4 is 0 Å². The van der Waals surface area contributed by atoms with Crippen LogP contribution in [-0.4, -0.2) is 26.2 Å². The molecule has 0 saturated carbocycles. The smallest absolute Gasteiger partial charge is 0 e. The van der Waals surface area contributed by atoms with Gasteiger partial charge >= 0.3 is 0 Å². The normalized spacial score (nSPS) is 6.00. The van der Waals surface area contributed by atoms with E-state index in [4.69, 9.17) is 0 Å². The summed E-state index contributed by atoms with van der Waals surface area (Å²) in [6.07, 6.45) is 0. The summed E-state index contributed by atoms with van der Waals surface area (Å²) in [5, 5.41) is 0. The topological polar surface area (TPSA) is 0 Å². The number of benzene rings is 1. The fourth-order valence-electron chi connectivity index (χ4n) is 0.478. The molecule has 0 aliphatic carbocycles. The molecule has 0 bridgehead atoms. The SMILES string of the molecule is [Au].[Bi].[CH2-]c1ccccc1.[Pd].